The molecule has 0 radical (unpaired) electrons. The second-order valence-electron chi connectivity index (χ2n) is 6.15. The van der Waals surface area contributed by atoms with E-state index in [2.05, 4.69) is 22.2 Å². The minimum Gasteiger partial charge on any atom is -0.496 e. The lowest BCUT2D eigenvalue weighted by Gasteiger charge is -2.16. The summed E-state index contributed by atoms with van der Waals surface area (Å²) >= 11 is 0. The van der Waals surface area contributed by atoms with Gasteiger partial charge in [0.2, 0.25) is 5.95 Å². The number of methoxy groups -OCH3 is 1. The largest absolute Gasteiger partial charge is 0.496 e. The van der Waals surface area contributed by atoms with E-state index >= 15 is 0 Å². The molecule has 27 heavy (non-hydrogen) atoms. The van der Waals surface area contributed by atoms with E-state index in [4.69, 9.17) is 19.9 Å². The fourth-order valence-corrected chi connectivity index (χ4v) is 3.04. The zero-order valence-corrected chi connectivity index (χ0v) is 16.9. The number of nitrogens with zero attached hydrogens (tertiary/aromatic N) is 2. The summed E-state index contributed by atoms with van der Waals surface area (Å²) < 4.78 is 21.1. The molecule has 8 nitrogen and oxygen atoms in total. The highest BCUT2D eigenvalue weighted by Crippen LogP contribution is 2.28. The van der Waals surface area contributed by atoms with Crippen LogP contribution in [-0.2, 0) is 22.1 Å². The molecule has 0 saturated heterocycles. The summed E-state index contributed by atoms with van der Waals surface area (Å²) in [5, 5.41) is 3.34. The van der Waals surface area contributed by atoms with Crippen LogP contribution in [0, 0.1) is 6.92 Å². The average molecular weight is 394 g/mol. The highest BCUT2D eigenvalue weighted by Gasteiger charge is 2.14. The first-order valence-electron chi connectivity index (χ1n) is 8.83. The number of rotatable bonds is 10. The first-order valence-corrected chi connectivity index (χ1v) is 10.1. The van der Waals surface area contributed by atoms with E-state index in [0.29, 0.717) is 12.2 Å². The second-order valence-corrected chi connectivity index (χ2v) is 6.97. The molecule has 0 bridgehead atoms. The number of anilines is 2. The van der Waals surface area contributed by atoms with E-state index < -0.39 is 8.25 Å². The highest BCUT2D eigenvalue weighted by molar-refractivity contribution is 7.32. The number of nitrogens with two attached hydrogens (primary N) is 1. The topological polar surface area (TPSA) is 120 Å². The molecule has 2 aromatic rings. The van der Waals surface area contributed by atoms with Crippen molar-refractivity contribution in [2.24, 2.45) is 0 Å². The van der Waals surface area contributed by atoms with Crippen LogP contribution in [0.25, 0.3) is 0 Å². The van der Waals surface area contributed by atoms with Gasteiger partial charge in [0, 0.05) is 24.2 Å². The van der Waals surface area contributed by atoms with Crippen molar-refractivity contribution in [2.45, 2.75) is 39.7 Å². The molecule has 0 aliphatic heterocycles. The molecule has 0 aliphatic carbocycles. The third-order valence-corrected chi connectivity index (χ3v) is 4.52. The summed E-state index contributed by atoms with van der Waals surface area (Å²) in [5.41, 5.74) is 9.25. The van der Waals surface area contributed by atoms with Gasteiger partial charge in [-0.1, -0.05) is 19.4 Å². The number of nitrogens with one attached hydrogen (secondary N) is 1. The lowest BCUT2D eigenvalue weighted by Crippen LogP contribution is -2.11. The molecule has 1 unspecified atom stereocenters. The van der Waals surface area contributed by atoms with Crippen molar-refractivity contribution in [1.82, 2.24) is 9.97 Å². The van der Waals surface area contributed by atoms with Gasteiger partial charge in [-0.05, 0) is 36.6 Å². The molecule has 0 aliphatic rings. The van der Waals surface area contributed by atoms with Crippen LogP contribution in [-0.4, -0.2) is 28.5 Å². The van der Waals surface area contributed by atoms with Crippen molar-refractivity contribution in [3.05, 3.63) is 40.6 Å². The Labute approximate surface area is 160 Å². The molecule has 1 aromatic carbocycles. The fraction of sp³-hybridized carbons (Fsp3) is 0.444. The second kappa shape index (κ2) is 10.3. The minimum atomic E-state index is -2.97. The van der Waals surface area contributed by atoms with Crippen molar-refractivity contribution < 1.29 is 18.7 Å². The Balaban J connectivity index is 2.34. The minimum absolute atomic E-state index is 0.0596. The van der Waals surface area contributed by atoms with E-state index in [0.717, 1.165) is 47.6 Å². The van der Waals surface area contributed by atoms with Gasteiger partial charge in [0.25, 0.3) is 0 Å². The van der Waals surface area contributed by atoms with E-state index in [1.807, 2.05) is 19.1 Å². The number of unbranched alkanes of at least 4 members (excludes halogenated alkanes) is 1. The summed E-state index contributed by atoms with van der Waals surface area (Å²) in [5.74, 6) is 1.67. The van der Waals surface area contributed by atoms with Crippen LogP contribution < -0.4 is 15.8 Å². The molecule has 2 rings (SSSR count). The normalized spacial score (nSPS) is 12.0. The monoisotopic (exact) mass is 394 g/mol. The SMILES string of the molecule is CCCCNc1nc(N)nc(C)c1Cc1cc(CO[PH](=O)O)ccc1OC. The number of ether oxygens (including phenoxy) is 1. The Morgan fingerprint density at radius 2 is 2.11 bits per heavy atom. The van der Waals surface area contributed by atoms with Crippen LogP contribution in [0.3, 0.4) is 0 Å². The molecule has 1 aromatic heterocycles. The van der Waals surface area contributed by atoms with Gasteiger partial charge in [-0.25, -0.2) is 4.98 Å². The summed E-state index contributed by atoms with van der Waals surface area (Å²) in [4.78, 5) is 17.5. The van der Waals surface area contributed by atoms with Gasteiger partial charge in [-0.3, -0.25) is 4.57 Å². The lowest BCUT2D eigenvalue weighted by molar-refractivity contribution is 0.272. The number of aryl methyl sites for hydroxylation is 1. The summed E-state index contributed by atoms with van der Waals surface area (Å²) in [6.07, 6.45) is 2.64. The predicted molar refractivity (Wildman–Crippen MR) is 106 cm³/mol. The van der Waals surface area contributed by atoms with Gasteiger partial charge in [-0.15, -0.1) is 0 Å². The van der Waals surface area contributed by atoms with Gasteiger partial charge >= 0.3 is 8.25 Å². The Bertz CT molecular complexity index is 801. The Kier molecular flexibility index (Phi) is 8.03. The molecule has 0 spiro atoms. The number of hydrogen-bond acceptors (Lipinski definition) is 7. The lowest BCUT2D eigenvalue weighted by atomic mass is 10.0. The van der Waals surface area contributed by atoms with E-state index in [9.17, 15) is 4.57 Å². The molecule has 0 amide bonds. The van der Waals surface area contributed by atoms with Gasteiger partial charge in [-0.2, -0.15) is 4.98 Å². The number of hydrogen-bond donors (Lipinski definition) is 3. The van der Waals surface area contributed by atoms with Crippen molar-refractivity contribution in [3.8, 4) is 5.75 Å². The average Bonchev–Trinajstić information content (AvgIpc) is 2.63. The quantitative estimate of drug-likeness (QED) is 0.415. The molecule has 0 saturated carbocycles. The molecular weight excluding hydrogens is 367 g/mol. The fourth-order valence-electron chi connectivity index (χ4n) is 2.75. The zero-order valence-electron chi connectivity index (χ0n) is 15.9. The van der Waals surface area contributed by atoms with Crippen LogP contribution in [0.1, 0.15) is 42.1 Å². The van der Waals surface area contributed by atoms with E-state index in [1.165, 1.54) is 0 Å². The van der Waals surface area contributed by atoms with Gasteiger partial charge < -0.3 is 25.2 Å². The van der Waals surface area contributed by atoms with Crippen LogP contribution in [0.4, 0.5) is 11.8 Å². The van der Waals surface area contributed by atoms with Crippen LogP contribution in [0.15, 0.2) is 18.2 Å². The first kappa shape index (κ1) is 21.2. The highest BCUT2D eigenvalue weighted by atomic mass is 31.1. The molecule has 4 N–H and O–H groups in total. The number of benzene rings is 1. The smallest absolute Gasteiger partial charge is 0.316 e. The molecule has 9 heteroatoms. The maximum Gasteiger partial charge on any atom is 0.316 e. The predicted octanol–water partition coefficient (Wildman–Crippen LogP) is 3.08. The standard InChI is InChI=1S/C18H27N4O4P/c1-4-5-8-20-17-15(12(2)21-18(19)22-17)10-14-9-13(11-26-27(23)24)6-7-16(14)25-3/h6-7,9,27H,4-5,8,10-11H2,1-3H3,(H,23,24)(H3,19,20,21,22). The Hall–Kier alpha value is -2.15. The first-order chi connectivity index (χ1) is 12.9. The van der Waals surface area contributed by atoms with E-state index in [-0.39, 0.29) is 12.6 Å². The molecule has 148 valence electrons. The van der Waals surface area contributed by atoms with Gasteiger partial charge in [0.05, 0.1) is 13.7 Å². The van der Waals surface area contributed by atoms with Gasteiger partial charge in [0.1, 0.15) is 11.6 Å². The molecule has 1 heterocycles. The third kappa shape index (κ3) is 6.20. The maximum atomic E-state index is 10.8. The number of aromatic nitrogens is 2. The number of nitrogen functional groups attached to an aromatic ring is 1. The maximum absolute atomic E-state index is 10.8. The molecule has 1 atom stereocenters. The third-order valence-electron chi connectivity index (χ3n) is 4.13. The van der Waals surface area contributed by atoms with E-state index in [1.54, 1.807) is 13.2 Å². The molecule has 0 fully saturated rings. The van der Waals surface area contributed by atoms with Crippen LogP contribution >= 0.6 is 8.25 Å². The van der Waals surface area contributed by atoms with Crippen molar-refractivity contribution in [1.29, 1.82) is 0 Å². The van der Waals surface area contributed by atoms with Crippen molar-refractivity contribution in [3.63, 3.8) is 0 Å². The van der Waals surface area contributed by atoms with Gasteiger partial charge in [0.15, 0.2) is 0 Å². The Morgan fingerprint density at radius 1 is 1.33 bits per heavy atom. The van der Waals surface area contributed by atoms with Crippen LogP contribution in [0.5, 0.6) is 5.75 Å². The van der Waals surface area contributed by atoms with Crippen molar-refractivity contribution in [2.75, 3.05) is 24.7 Å². The zero-order chi connectivity index (χ0) is 19.8. The van der Waals surface area contributed by atoms with Crippen molar-refractivity contribution >= 4 is 20.0 Å². The molecular formula is C18H27N4O4P. The Morgan fingerprint density at radius 3 is 2.78 bits per heavy atom. The van der Waals surface area contributed by atoms with Crippen LogP contribution in [0.2, 0.25) is 0 Å². The summed E-state index contributed by atoms with van der Waals surface area (Å²) in [7, 11) is -1.37. The summed E-state index contributed by atoms with van der Waals surface area (Å²) in [6.45, 7) is 4.89. The summed E-state index contributed by atoms with van der Waals surface area (Å²) in [6, 6.07) is 5.52.